The van der Waals surface area contributed by atoms with E-state index in [-0.39, 0.29) is 17.4 Å². The summed E-state index contributed by atoms with van der Waals surface area (Å²) >= 11 is 11.9. The molecule has 1 aromatic heterocycles. The molecule has 4 rings (SSSR count). The standard InChI is InChI=1S/C26H24Cl2N4O6/c1-14-23-19(29-30-22(33)13-37-20-11-8-16(27)12-18(20)28)4-3-5-21(23)38-24(14)26(35)32-31-25(34)15-6-9-17(36-2)10-7-15/h6-12H,3-5,13H2,1-2H3,(H,30,33)(H,31,34)(H,32,35)/b29-19+. The average molecular weight is 559 g/mol. The maximum Gasteiger partial charge on any atom is 0.305 e. The molecule has 10 nitrogen and oxygen atoms in total. The predicted octanol–water partition coefficient (Wildman–Crippen LogP) is 4.21. The number of hydrazine groups is 1. The van der Waals surface area contributed by atoms with E-state index in [4.69, 9.17) is 37.1 Å². The Balaban J connectivity index is 1.38. The Morgan fingerprint density at radius 3 is 2.47 bits per heavy atom. The molecule has 198 valence electrons. The van der Waals surface area contributed by atoms with Crippen molar-refractivity contribution in [3.8, 4) is 11.5 Å². The highest BCUT2D eigenvalue weighted by atomic mass is 35.5. The monoisotopic (exact) mass is 558 g/mol. The second-order valence-corrected chi connectivity index (χ2v) is 9.15. The smallest absolute Gasteiger partial charge is 0.305 e. The van der Waals surface area contributed by atoms with E-state index in [1.54, 1.807) is 43.3 Å². The van der Waals surface area contributed by atoms with Gasteiger partial charge in [-0.15, -0.1) is 0 Å². The molecule has 3 amide bonds. The molecule has 1 aliphatic carbocycles. The number of aryl methyl sites for hydroxylation is 1. The minimum absolute atomic E-state index is 0.0478. The lowest BCUT2D eigenvalue weighted by molar-refractivity contribution is -0.123. The third-order valence-electron chi connectivity index (χ3n) is 5.74. The number of benzene rings is 2. The van der Waals surface area contributed by atoms with E-state index < -0.39 is 17.7 Å². The summed E-state index contributed by atoms with van der Waals surface area (Å²) in [5.41, 5.74) is 9.34. The van der Waals surface area contributed by atoms with E-state index in [0.29, 0.717) is 57.5 Å². The quantitative estimate of drug-likeness (QED) is 0.372. The molecule has 0 aliphatic heterocycles. The number of amides is 3. The molecule has 2 aromatic carbocycles. The molecular weight excluding hydrogens is 535 g/mol. The molecule has 12 heteroatoms. The molecule has 0 saturated heterocycles. The summed E-state index contributed by atoms with van der Waals surface area (Å²) in [4.78, 5) is 37.4. The van der Waals surface area contributed by atoms with Gasteiger partial charge in [0, 0.05) is 28.1 Å². The maximum absolute atomic E-state index is 12.8. The number of nitrogens with one attached hydrogen (secondary N) is 3. The molecule has 0 spiro atoms. The van der Waals surface area contributed by atoms with Crippen LogP contribution in [0.2, 0.25) is 10.0 Å². The summed E-state index contributed by atoms with van der Waals surface area (Å²) in [5.74, 6) is -0.0496. The summed E-state index contributed by atoms with van der Waals surface area (Å²) in [6, 6.07) is 11.1. The molecular formula is C26H24Cl2N4O6. The van der Waals surface area contributed by atoms with Gasteiger partial charge in [0.05, 0.1) is 17.8 Å². The molecule has 3 aromatic rings. The second kappa shape index (κ2) is 12.0. The molecule has 0 unspecified atom stereocenters. The summed E-state index contributed by atoms with van der Waals surface area (Å²) in [6.45, 7) is 1.41. The van der Waals surface area contributed by atoms with Crippen LogP contribution in [0.3, 0.4) is 0 Å². The van der Waals surface area contributed by atoms with Gasteiger partial charge in [0.2, 0.25) is 0 Å². The van der Waals surface area contributed by atoms with Gasteiger partial charge in [-0.2, -0.15) is 5.10 Å². The minimum atomic E-state index is -0.615. The van der Waals surface area contributed by atoms with E-state index in [1.807, 2.05) is 0 Å². The number of rotatable bonds is 7. The van der Waals surface area contributed by atoms with Crippen LogP contribution >= 0.6 is 23.2 Å². The predicted molar refractivity (Wildman–Crippen MR) is 141 cm³/mol. The number of methoxy groups -OCH3 is 1. The van der Waals surface area contributed by atoms with E-state index >= 15 is 0 Å². The largest absolute Gasteiger partial charge is 0.497 e. The van der Waals surface area contributed by atoms with Crippen molar-refractivity contribution in [1.82, 2.24) is 16.3 Å². The first-order chi connectivity index (χ1) is 18.3. The summed E-state index contributed by atoms with van der Waals surface area (Å²) in [7, 11) is 1.53. The Labute approximate surface area is 228 Å². The normalized spacial score (nSPS) is 13.4. The molecule has 1 aliphatic rings. The van der Waals surface area contributed by atoms with Crippen LogP contribution in [0.5, 0.6) is 11.5 Å². The SMILES string of the molecule is COc1ccc(C(=O)NNC(=O)c2oc3c(c2C)/C(=N/NC(=O)COc2ccc(Cl)cc2Cl)CCC3)cc1. The average Bonchev–Trinajstić information content (AvgIpc) is 3.26. The number of furan rings is 1. The Hall–Kier alpha value is -4.02. The maximum atomic E-state index is 12.8. The Bertz CT molecular complexity index is 1400. The Morgan fingerprint density at radius 2 is 1.76 bits per heavy atom. The van der Waals surface area contributed by atoms with Crippen molar-refractivity contribution in [2.75, 3.05) is 13.7 Å². The van der Waals surface area contributed by atoms with Crippen LogP contribution in [0.1, 0.15) is 50.6 Å². The van der Waals surface area contributed by atoms with Gasteiger partial charge in [-0.3, -0.25) is 25.2 Å². The van der Waals surface area contributed by atoms with Crippen LogP contribution in [0.25, 0.3) is 0 Å². The third-order valence-corrected chi connectivity index (χ3v) is 6.27. The van der Waals surface area contributed by atoms with Crippen molar-refractivity contribution in [1.29, 1.82) is 0 Å². The van der Waals surface area contributed by atoms with Gasteiger partial charge in [0.15, 0.2) is 12.4 Å². The van der Waals surface area contributed by atoms with E-state index in [2.05, 4.69) is 21.4 Å². The van der Waals surface area contributed by atoms with Crippen molar-refractivity contribution in [3.05, 3.63) is 80.7 Å². The number of nitrogens with zero attached hydrogens (tertiary/aromatic N) is 1. The van der Waals surface area contributed by atoms with Gasteiger partial charge in [-0.1, -0.05) is 23.2 Å². The molecule has 0 bridgehead atoms. The molecule has 0 saturated carbocycles. The van der Waals surface area contributed by atoms with E-state index in [1.165, 1.54) is 13.2 Å². The highest BCUT2D eigenvalue weighted by Gasteiger charge is 2.28. The highest BCUT2D eigenvalue weighted by molar-refractivity contribution is 6.35. The molecule has 1 heterocycles. The van der Waals surface area contributed by atoms with Crippen molar-refractivity contribution in [2.24, 2.45) is 5.10 Å². The van der Waals surface area contributed by atoms with Crippen molar-refractivity contribution in [3.63, 3.8) is 0 Å². The van der Waals surface area contributed by atoms with Crippen LogP contribution < -0.4 is 25.8 Å². The highest BCUT2D eigenvalue weighted by Crippen LogP contribution is 2.30. The van der Waals surface area contributed by atoms with Crippen LogP contribution in [0, 0.1) is 6.92 Å². The Kier molecular flexibility index (Phi) is 8.55. The first kappa shape index (κ1) is 27.0. The number of fused-ring (bicyclic) bond motifs is 1. The third kappa shape index (κ3) is 6.27. The van der Waals surface area contributed by atoms with Gasteiger partial charge < -0.3 is 13.9 Å². The summed E-state index contributed by atoms with van der Waals surface area (Å²) in [6.07, 6.45) is 1.90. The zero-order valence-corrected chi connectivity index (χ0v) is 22.0. The van der Waals surface area contributed by atoms with Gasteiger partial charge in [0.1, 0.15) is 17.3 Å². The minimum Gasteiger partial charge on any atom is -0.497 e. The number of hydrogen-bond acceptors (Lipinski definition) is 7. The topological polar surface area (TPSA) is 131 Å². The number of carbonyl (C=O) groups is 3. The number of hydrazone groups is 1. The van der Waals surface area contributed by atoms with Gasteiger partial charge in [-0.25, -0.2) is 5.43 Å². The molecule has 38 heavy (non-hydrogen) atoms. The van der Waals surface area contributed by atoms with Crippen LogP contribution in [-0.4, -0.2) is 37.1 Å². The second-order valence-electron chi connectivity index (χ2n) is 8.30. The first-order valence-corrected chi connectivity index (χ1v) is 12.3. The summed E-state index contributed by atoms with van der Waals surface area (Å²) < 4.78 is 16.3. The zero-order chi connectivity index (χ0) is 27.2. The van der Waals surface area contributed by atoms with Gasteiger partial charge in [-0.05, 0) is 62.2 Å². The van der Waals surface area contributed by atoms with Crippen LogP contribution in [0.4, 0.5) is 0 Å². The van der Waals surface area contributed by atoms with Crippen LogP contribution in [0.15, 0.2) is 52.0 Å². The van der Waals surface area contributed by atoms with Crippen molar-refractivity contribution >= 4 is 46.6 Å². The fraction of sp³-hybridized carbons (Fsp3) is 0.231. The lowest BCUT2D eigenvalue weighted by atomic mass is 9.93. The summed E-state index contributed by atoms with van der Waals surface area (Å²) in [5, 5.41) is 4.99. The Morgan fingerprint density at radius 1 is 1.03 bits per heavy atom. The van der Waals surface area contributed by atoms with Gasteiger partial charge in [0.25, 0.3) is 11.8 Å². The number of carbonyl (C=O) groups excluding carboxylic acids is 3. The number of ether oxygens (including phenoxy) is 2. The number of halogens is 2. The fourth-order valence-electron chi connectivity index (χ4n) is 3.88. The van der Waals surface area contributed by atoms with E-state index in [0.717, 1.165) is 6.42 Å². The zero-order valence-electron chi connectivity index (χ0n) is 20.5. The van der Waals surface area contributed by atoms with Crippen molar-refractivity contribution in [2.45, 2.75) is 26.2 Å². The fourth-order valence-corrected chi connectivity index (χ4v) is 4.34. The lowest BCUT2D eigenvalue weighted by Crippen LogP contribution is -2.41. The van der Waals surface area contributed by atoms with Crippen LogP contribution in [-0.2, 0) is 11.2 Å². The lowest BCUT2D eigenvalue weighted by Gasteiger charge is -2.13. The van der Waals surface area contributed by atoms with Crippen molar-refractivity contribution < 1.29 is 28.3 Å². The molecule has 3 N–H and O–H groups in total. The molecule has 0 fully saturated rings. The number of hydrogen-bond donors (Lipinski definition) is 3. The molecule has 0 radical (unpaired) electrons. The van der Waals surface area contributed by atoms with E-state index in [9.17, 15) is 14.4 Å². The first-order valence-electron chi connectivity index (χ1n) is 11.6. The molecule has 0 atom stereocenters. The van der Waals surface area contributed by atoms with Gasteiger partial charge >= 0.3 is 5.91 Å².